The third-order valence-corrected chi connectivity index (χ3v) is 2.78. The first-order chi connectivity index (χ1) is 8.97. The van der Waals surface area contributed by atoms with E-state index in [0.717, 1.165) is 0 Å². The van der Waals surface area contributed by atoms with Crippen molar-refractivity contribution >= 4 is 34.4 Å². The van der Waals surface area contributed by atoms with E-state index >= 15 is 0 Å². The standard InChI is InChI=1S/C13H11ClN2O3/c1-7-4-10(13(19)15-6-12(17)18)9-5-8(14)2-3-11(9)16-7/h2-5H,6H2,1H3,(H,15,19)(H,17,18). The van der Waals surface area contributed by atoms with Gasteiger partial charge in [-0.2, -0.15) is 0 Å². The Morgan fingerprint density at radius 2 is 2.11 bits per heavy atom. The first kappa shape index (κ1) is 13.3. The lowest BCUT2D eigenvalue weighted by molar-refractivity contribution is -0.135. The van der Waals surface area contributed by atoms with Crippen LogP contribution < -0.4 is 5.32 Å². The van der Waals surface area contributed by atoms with Crippen molar-refractivity contribution in [2.75, 3.05) is 6.54 Å². The molecule has 0 spiro atoms. The molecule has 1 heterocycles. The quantitative estimate of drug-likeness (QED) is 0.900. The Morgan fingerprint density at radius 1 is 1.37 bits per heavy atom. The van der Waals surface area contributed by atoms with Crippen LogP contribution in [-0.2, 0) is 4.79 Å². The summed E-state index contributed by atoms with van der Waals surface area (Å²) in [6.07, 6.45) is 0. The van der Waals surface area contributed by atoms with E-state index in [9.17, 15) is 9.59 Å². The second-order valence-corrected chi connectivity index (χ2v) is 4.49. The minimum atomic E-state index is -1.10. The van der Waals surface area contributed by atoms with Crippen LogP contribution in [0.25, 0.3) is 10.9 Å². The van der Waals surface area contributed by atoms with Crippen LogP contribution in [0.2, 0.25) is 5.02 Å². The second-order valence-electron chi connectivity index (χ2n) is 4.05. The van der Waals surface area contributed by atoms with Gasteiger partial charge in [0.1, 0.15) is 6.54 Å². The molecule has 0 unspecified atom stereocenters. The Bertz CT molecular complexity index is 670. The lowest BCUT2D eigenvalue weighted by atomic mass is 10.1. The minimum Gasteiger partial charge on any atom is -0.480 e. The molecular weight excluding hydrogens is 268 g/mol. The van der Waals surface area contributed by atoms with Gasteiger partial charge in [-0.15, -0.1) is 0 Å². The summed E-state index contributed by atoms with van der Waals surface area (Å²) < 4.78 is 0. The molecule has 0 aliphatic carbocycles. The Hall–Kier alpha value is -2.14. The third kappa shape index (κ3) is 3.00. The van der Waals surface area contributed by atoms with Crippen molar-refractivity contribution < 1.29 is 14.7 Å². The maximum atomic E-state index is 12.0. The largest absolute Gasteiger partial charge is 0.480 e. The van der Waals surface area contributed by atoms with Gasteiger partial charge in [-0.1, -0.05) is 11.6 Å². The van der Waals surface area contributed by atoms with E-state index in [1.807, 2.05) is 0 Å². The molecule has 1 aromatic carbocycles. The number of carboxylic acid groups (broad SMARTS) is 1. The Morgan fingerprint density at radius 3 is 2.79 bits per heavy atom. The summed E-state index contributed by atoms with van der Waals surface area (Å²) in [7, 11) is 0. The topological polar surface area (TPSA) is 79.3 Å². The van der Waals surface area contributed by atoms with Crippen LogP contribution in [0.15, 0.2) is 24.3 Å². The van der Waals surface area contributed by atoms with Gasteiger partial charge in [0.2, 0.25) is 0 Å². The number of benzene rings is 1. The zero-order chi connectivity index (χ0) is 14.0. The fraction of sp³-hybridized carbons (Fsp3) is 0.154. The Balaban J connectivity index is 2.49. The van der Waals surface area contributed by atoms with Gasteiger partial charge in [0, 0.05) is 16.1 Å². The fourth-order valence-corrected chi connectivity index (χ4v) is 1.94. The summed E-state index contributed by atoms with van der Waals surface area (Å²) in [4.78, 5) is 26.8. The number of carbonyl (C=O) groups excluding carboxylic acids is 1. The summed E-state index contributed by atoms with van der Waals surface area (Å²) in [6, 6.07) is 6.66. The average molecular weight is 279 g/mol. The van der Waals surface area contributed by atoms with E-state index in [4.69, 9.17) is 16.7 Å². The molecule has 0 fully saturated rings. The number of fused-ring (bicyclic) bond motifs is 1. The SMILES string of the molecule is Cc1cc(C(=O)NCC(=O)O)c2cc(Cl)ccc2n1. The molecule has 1 amide bonds. The second kappa shape index (κ2) is 5.24. The van der Waals surface area contributed by atoms with E-state index in [0.29, 0.717) is 27.2 Å². The molecule has 1 aromatic heterocycles. The van der Waals surface area contributed by atoms with Gasteiger partial charge in [-0.25, -0.2) is 0 Å². The zero-order valence-corrected chi connectivity index (χ0v) is 10.9. The maximum absolute atomic E-state index is 12.0. The summed E-state index contributed by atoms with van der Waals surface area (Å²) >= 11 is 5.91. The number of amides is 1. The zero-order valence-electron chi connectivity index (χ0n) is 10.1. The minimum absolute atomic E-state index is 0.367. The van der Waals surface area contributed by atoms with Crippen molar-refractivity contribution in [3.8, 4) is 0 Å². The molecule has 0 radical (unpaired) electrons. The predicted molar refractivity (Wildman–Crippen MR) is 71.5 cm³/mol. The predicted octanol–water partition coefficient (Wildman–Crippen LogP) is 2.01. The van der Waals surface area contributed by atoms with Crippen LogP contribution in [-0.4, -0.2) is 28.5 Å². The molecule has 0 aliphatic heterocycles. The Kier molecular flexibility index (Phi) is 3.66. The van der Waals surface area contributed by atoms with Gasteiger partial charge in [-0.05, 0) is 31.2 Å². The third-order valence-electron chi connectivity index (χ3n) is 2.54. The maximum Gasteiger partial charge on any atom is 0.322 e. The van der Waals surface area contributed by atoms with Crippen LogP contribution in [0.5, 0.6) is 0 Å². The number of nitrogens with zero attached hydrogens (tertiary/aromatic N) is 1. The number of carbonyl (C=O) groups is 2. The molecule has 0 saturated carbocycles. The van der Waals surface area contributed by atoms with E-state index < -0.39 is 18.4 Å². The van der Waals surface area contributed by atoms with Crippen LogP contribution in [0, 0.1) is 6.92 Å². The lowest BCUT2D eigenvalue weighted by Gasteiger charge is -2.08. The number of halogens is 1. The van der Waals surface area contributed by atoms with Gasteiger partial charge in [0.15, 0.2) is 0 Å². The highest BCUT2D eigenvalue weighted by atomic mass is 35.5. The number of aromatic nitrogens is 1. The number of aliphatic carboxylic acids is 1. The van der Waals surface area contributed by atoms with Gasteiger partial charge < -0.3 is 10.4 Å². The molecule has 0 aliphatic rings. The monoisotopic (exact) mass is 278 g/mol. The lowest BCUT2D eigenvalue weighted by Crippen LogP contribution is -2.29. The van der Waals surface area contributed by atoms with Crippen molar-refractivity contribution in [1.29, 1.82) is 0 Å². The number of rotatable bonds is 3. The van der Waals surface area contributed by atoms with Gasteiger partial charge >= 0.3 is 5.97 Å². The van der Waals surface area contributed by atoms with Crippen molar-refractivity contribution in [1.82, 2.24) is 10.3 Å². The molecule has 5 nitrogen and oxygen atoms in total. The molecule has 0 atom stereocenters. The molecule has 0 saturated heterocycles. The number of pyridine rings is 1. The molecule has 2 N–H and O–H groups in total. The first-order valence-electron chi connectivity index (χ1n) is 5.54. The number of nitrogens with one attached hydrogen (secondary N) is 1. The summed E-state index contributed by atoms with van der Waals surface area (Å²) in [5.41, 5.74) is 1.69. The van der Waals surface area contributed by atoms with E-state index in [1.165, 1.54) is 0 Å². The van der Waals surface area contributed by atoms with Crippen LogP contribution >= 0.6 is 11.6 Å². The highest BCUT2D eigenvalue weighted by molar-refractivity contribution is 6.31. The smallest absolute Gasteiger partial charge is 0.322 e. The summed E-state index contributed by atoms with van der Waals surface area (Å²) in [6.45, 7) is 1.34. The van der Waals surface area contributed by atoms with Crippen molar-refractivity contribution in [3.05, 3.63) is 40.5 Å². The van der Waals surface area contributed by atoms with Crippen LogP contribution in [0.4, 0.5) is 0 Å². The molecular formula is C13H11ClN2O3. The Labute approximate surface area is 114 Å². The number of hydrogen-bond donors (Lipinski definition) is 2. The van der Waals surface area contributed by atoms with Gasteiger partial charge in [0.05, 0.1) is 11.1 Å². The normalized spacial score (nSPS) is 10.4. The van der Waals surface area contributed by atoms with Crippen molar-refractivity contribution in [2.24, 2.45) is 0 Å². The van der Waals surface area contributed by atoms with Crippen molar-refractivity contribution in [2.45, 2.75) is 6.92 Å². The number of hydrogen-bond acceptors (Lipinski definition) is 3. The average Bonchev–Trinajstić information content (AvgIpc) is 2.35. The van der Waals surface area contributed by atoms with Gasteiger partial charge in [0.25, 0.3) is 5.91 Å². The van der Waals surface area contributed by atoms with Crippen LogP contribution in [0.3, 0.4) is 0 Å². The van der Waals surface area contributed by atoms with Gasteiger partial charge in [-0.3, -0.25) is 14.6 Å². The van der Waals surface area contributed by atoms with E-state index in [2.05, 4.69) is 10.3 Å². The highest BCUT2D eigenvalue weighted by Crippen LogP contribution is 2.22. The first-order valence-corrected chi connectivity index (χ1v) is 5.92. The molecule has 19 heavy (non-hydrogen) atoms. The summed E-state index contributed by atoms with van der Waals surface area (Å²) in [5, 5.41) is 12.0. The van der Waals surface area contributed by atoms with Crippen LogP contribution in [0.1, 0.15) is 16.1 Å². The number of carboxylic acids is 1. The summed E-state index contributed by atoms with van der Waals surface area (Å²) in [5.74, 6) is -1.55. The fourth-order valence-electron chi connectivity index (χ4n) is 1.77. The van der Waals surface area contributed by atoms with E-state index in [1.54, 1.807) is 31.2 Å². The van der Waals surface area contributed by atoms with Crippen molar-refractivity contribution in [3.63, 3.8) is 0 Å². The molecule has 6 heteroatoms. The van der Waals surface area contributed by atoms with E-state index in [-0.39, 0.29) is 0 Å². The highest BCUT2D eigenvalue weighted by Gasteiger charge is 2.13. The number of aryl methyl sites for hydroxylation is 1. The molecule has 0 bridgehead atoms. The molecule has 2 rings (SSSR count). The molecule has 98 valence electrons. The molecule has 2 aromatic rings.